The van der Waals surface area contributed by atoms with Gasteiger partial charge in [0.25, 0.3) is 5.78 Å². The van der Waals surface area contributed by atoms with E-state index in [0.29, 0.717) is 11.1 Å². The summed E-state index contributed by atoms with van der Waals surface area (Å²) in [7, 11) is 1.41. The highest BCUT2D eigenvalue weighted by Crippen LogP contribution is 2.42. The lowest BCUT2D eigenvalue weighted by molar-refractivity contribution is -0.121. The van der Waals surface area contributed by atoms with Gasteiger partial charge in [0.15, 0.2) is 17.1 Å². The summed E-state index contributed by atoms with van der Waals surface area (Å²) < 4.78 is 16.8. The first-order valence-corrected chi connectivity index (χ1v) is 7.85. The average Bonchev–Trinajstić information content (AvgIpc) is 2.47. The first-order chi connectivity index (χ1) is 10.6. The standard InChI is InChI=1S/C18H28O5/c1-9-12(6)18(20)13(7)15(21-8)14(19)16(22-10(2)3)17(18)23-11(4)5/h9-11,20H,1-8H3/b12-9+/t18-/m0/s1. The third-order valence-corrected chi connectivity index (χ3v) is 3.75. The monoisotopic (exact) mass is 324 g/mol. The van der Waals surface area contributed by atoms with E-state index >= 15 is 0 Å². The number of aliphatic hydroxyl groups is 1. The highest BCUT2D eigenvalue weighted by molar-refractivity contribution is 6.08. The number of Topliss-reactive ketones (excluding diaryl/α,β-unsaturated/α-hetero) is 1. The van der Waals surface area contributed by atoms with Crippen LogP contribution in [0.25, 0.3) is 0 Å². The molecule has 0 aliphatic heterocycles. The van der Waals surface area contributed by atoms with E-state index in [1.54, 1.807) is 19.9 Å². The molecule has 0 bridgehead atoms. The van der Waals surface area contributed by atoms with E-state index in [9.17, 15) is 9.90 Å². The summed E-state index contributed by atoms with van der Waals surface area (Å²) in [5.41, 5.74) is -0.535. The third kappa shape index (κ3) is 3.44. The van der Waals surface area contributed by atoms with Gasteiger partial charge in [0.05, 0.1) is 19.3 Å². The predicted molar refractivity (Wildman–Crippen MR) is 88.6 cm³/mol. The van der Waals surface area contributed by atoms with Crippen molar-refractivity contribution in [3.05, 3.63) is 34.5 Å². The van der Waals surface area contributed by atoms with Crippen molar-refractivity contribution in [1.29, 1.82) is 0 Å². The number of carbonyl (C=O) groups excluding carboxylic acids is 1. The molecule has 5 heteroatoms. The van der Waals surface area contributed by atoms with E-state index in [0.717, 1.165) is 0 Å². The van der Waals surface area contributed by atoms with Crippen LogP contribution in [0.2, 0.25) is 0 Å². The van der Waals surface area contributed by atoms with Gasteiger partial charge in [-0.3, -0.25) is 4.79 Å². The number of carbonyl (C=O) groups is 1. The quantitative estimate of drug-likeness (QED) is 0.760. The number of allylic oxidation sites excluding steroid dienone is 1. The molecule has 0 saturated heterocycles. The van der Waals surface area contributed by atoms with Gasteiger partial charge in [-0.1, -0.05) is 6.08 Å². The highest BCUT2D eigenvalue weighted by Gasteiger charge is 2.49. The van der Waals surface area contributed by atoms with Gasteiger partial charge in [-0.25, -0.2) is 0 Å². The zero-order valence-corrected chi connectivity index (χ0v) is 15.3. The van der Waals surface area contributed by atoms with Gasteiger partial charge in [0, 0.05) is 5.57 Å². The maximum absolute atomic E-state index is 12.7. The Hall–Kier alpha value is -1.75. The summed E-state index contributed by atoms with van der Waals surface area (Å²) in [6.45, 7) is 12.6. The molecule has 0 saturated carbocycles. The Labute approximate surface area is 138 Å². The molecule has 0 aromatic heterocycles. The number of methoxy groups -OCH3 is 1. The second-order valence-corrected chi connectivity index (χ2v) is 6.16. The second-order valence-electron chi connectivity index (χ2n) is 6.16. The Morgan fingerprint density at radius 1 is 1.13 bits per heavy atom. The minimum Gasteiger partial charge on any atom is -0.492 e. The number of ketones is 1. The van der Waals surface area contributed by atoms with Crippen LogP contribution in [-0.2, 0) is 19.0 Å². The fourth-order valence-corrected chi connectivity index (χ4v) is 2.52. The van der Waals surface area contributed by atoms with Crippen molar-refractivity contribution in [2.45, 2.75) is 66.3 Å². The zero-order valence-electron chi connectivity index (χ0n) is 15.3. The minimum atomic E-state index is -1.57. The van der Waals surface area contributed by atoms with E-state index in [1.807, 2.05) is 34.6 Å². The van der Waals surface area contributed by atoms with E-state index in [1.165, 1.54) is 7.11 Å². The smallest absolute Gasteiger partial charge is 0.265 e. The molecule has 0 fully saturated rings. The zero-order chi connectivity index (χ0) is 17.9. The molecule has 1 aliphatic rings. The molecule has 0 aromatic rings. The van der Waals surface area contributed by atoms with Crippen molar-refractivity contribution in [1.82, 2.24) is 0 Å². The summed E-state index contributed by atoms with van der Waals surface area (Å²) in [6, 6.07) is 0. The minimum absolute atomic E-state index is 0.000139. The van der Waals surface area contributed by atoms with Crippen molar-refractivity contribution in [2.75, 3.05) is 7.11 Å². The molecule has 0 unspecified atom stereocenters. The first kappa shape index (κ1) is 19.3. The van der Waals surface area contributed by atoms with Gasteiger partial charge < -0.3 is 19.3 Å². The van der Waals surface area contributed by atoms with Gasteiger partial charge in [-0.15, -0.1) is 0 Å². The van der Waals surface area contributed by atoms with E-state index in [2.05, 4.69) is 0 Å². The van der Waals surface area contributed by atoms with Gasteiger partial charge in [0.1, 0.15) is 0 Å². The van der Waals surface area contributed by atoms with Crippen LogP contribution < -0.4 is 0 Å². The summed E-state index contributed by atoms with van der Waals surface area (Å²) >= 11 is 0. The molecule has 130 valence electrons. The molecule has 0 heterocycles. The Bertz CT molecular complexity index is 566. The molecule has 1 atom stereocenters. The van der Waals surface area contributed by atoms with E-state index < -0.39 is 11.4 Å². The summed E-state index contributed by atoms with van der Waals surface area (Å²) in [5.74, 6) is -0.205. The van der Waals surface area contributed by atoms with Crippen LogP contribution >= 0.6 is 0 Å². The third-order valence-electron chi connectivity index (χ3n) is 3.75. The van der Waals surface area contributed by atoms with Crippen LogP contribution in [0.15, 0.2) is 34.5 Å². The van der Waals surface area contributed by atoms with Gasteiger partial charge in [-0.2, -0.15) is 0 Å². The molecule has 1 N–H and O–H groups in total. The molecular weight excluding hydrogens is 296 g/mol. The molecule has 23 heavy (non-hydrogen) atoms. The second kappa shape index (κ2) is 7.21. The lowest BCUT2D eigenvalue weighted by atomic mass is 9.79. The molecule has 0 radical (unpaired) electrons. The number of ether oxygens (including phenoxy) is 3. The summed E-state index contributed by atoms with van der Waals surface area (Å²) in [4.78, 5) is 12.7. The highest BCUT2D eigenvalue weighted by atomic mass is 16.5. The van der Waals surface area contributed by atoms with Crippen molar-refractivity contribution in [3.63, 3.8) is 0 Å². The molecule has 1 rings (SSSR count). The summed E-state index contributed by atoms with van der Waals surface area (Å²) in [5, 5.41) is 11.4. The van der Waals surface area contributed by atoms with Crippen LogP contribution in [-0.4, -0.2) is 35.8 Å². The number of hydrogen-bond acceptors (Lipinski definition) is 5. The fraction of sp³-hybridized carbons (Fsp3) is 0.611. The van der Waals surface area contributed by atoms with Gasteiger partial charge in [0.2, 0.25) is 5.76 Å². The van der Waals surface area contributed by atoms with Crippen LogP contribution in [0.1, 0.15) is 48.5 Å². The van der Waals surface area contributed by atoms with Gasteiger partial charge >= 0.3 is 0 Å². The molecule has 0 amide bonds. The maximum atomic E-state index is 12.7. The lowest BCUT2D eigenvalue weighted by Crippen LogP contribution is -2.43. The van der Waals surface area contributed by atoms with E-state index in [-0.39, 0.29) is 29.5 Å². The number of hydrogen-bond donors (Lipinski definition) is 1. The SMILES string of the molecule is C/C=C(\C)[C@]1(O)C(C)=C(OC)C(=O)C(OC(C)C)=C1OC(C)C. The summed E-state index contributed by atoms with van der Waals surface area (Å²) in [6.07, 6.45) is 1.31. The van der Waals surface area contributed by atoms with Crippen molar-refractivity contribution >= 4 is 5.78 Å². The van der Waals surface area contributed by atoms with E-state index in [4.69, 9.17) is 14.2 Å². The molecule has 0 aromatic carbocycles. The van der Waals surface area contributed by atoms with Crippen LogP contribution in [0.3, 0.4) is 0 Å². The maximum Gasteiger partial charge on any atom is 0.265 e. The first-order valence-electron chi connectivity index (χ1n) is 7.85. The lowest BCUT2D eigenvalue weighted by Gasteiger charge is -2.38. The van der Waals surface area contributed by atoms with Crippen LogP contribution in [0.5, 0.6) is 0 Å². The Balaban J connectivity index is 3.72. The van der Waals surface area contributed by atoms with Crippen LogP contribution in [0.4, 0.5) is 0 Å². The molecule has 1 aliphatic carbocycles. The van der Waals surface area contributed by atoms with Crippen molar-refractivity contribution < 1.29 is 24.1 Å². The Kier molecular flexibility index (Phi) is 6.05. The number of rotatable bonds is 6. The largest absolute Gasteiger partial charge is 0.492 e. The normalized spacial score (nSPS) is 23.1. The van der Waals surface area contributed by atoms with Gasteiger partial charge in [-0.05, 0) is 54.0 Å². The van der Waals surface area contributed by atoms with Crippen molar-refractivity contribution in [3.8, 4) is 0 Å². The Morgan fingerprint density at radius 2 is 1.65 bits per heavy atom. The predicted octanol–water partition coefficient (Wildman–Crippen LogP) is 3.25. The molecule has 5 nitrogen and oxygen atoms in total. The molecular formula is C18H28O5. The average molecular weight is 324 g/mol. The topological polar surface area (TPSA) is 65.0 Å². The van der Waals surface area contributed by atoms with Crippen molar-refractivity contribution in [2.24, 2.45) is 0 Å². The fourth-order valence-electron chi connectivity index (χ4n) is 2.52. The Morgan fingerprint density at radius 3 is 2.04 bits per heavy atom. The molecule has 0 spiro atoms. The van der Waals surface area contributed by atoms with Crippen LogP contribution in [0, 0.1) is 0 Å².